The molecule has 0 unspecified atom stereocenters. The fraction of sp³-hybridized carbons (Fsp3) is 0.167. The Morgan fingerprint density at radius 3 is 2.83 bits per heavy atom. The molecule has 1 aromatic heterocycles. The molecule has 0 aliphatic carbocycles. The van der Waals surface area contributed by atoms with E-state index in [-0.39, 0.29) is 5.69 Å². The Morgan fingerprint density at radius 2 is 2.11 bits per heavy atom. The minimum absolute atomic E-state index is 0.0341. The average molecular weight is 251 g/mol. The van der Waals surface area contributed by atoms with Gasteiger partial charge < -0.3 is 11.1 Å². The van der Waals surface area contributed by atoms with Crippen molar-refractivity contribution in [1.29, 1.82) is 0 Å². The Kier molecular flexibility index (Phi) is 3.36. The van der Waals surface area contributed by atoms with Gasteiger partial charge in [0.15, 0.2) is 0 Å². The number of amides is 1. The number of nitrogens with zero attached hydrogens (tertiary/aromatic N) is 1. The number of carbonyl (C=O) groups excluding carboxylic acids is 1. The van der Waals surface area contributed by atoms with Gasteiger partial charge >= 0.3 is 0 Å². The number of alkyl halides is 2. The molecule has 6 heteroatoms. The molecule has 0 spiro atoms. The highest BCUT2D eigenvalue weighted by molar-refractivity contribution is 5.99. The summed E-state index contributed by atoms with van der Waals surface area (Å²) in [4.78, 5) is 15.7. The average Bonchev–Trinajstić information content (AvgIpc) is 2.36. The number of nitrogens with two attached hydrogens (primary N) is 1. The van der Waals surface area contributed by atoms with Crippen LogP contribution in [0.25, 0.3) is 10.9 Å². The molecule has 0 radical (unpaired) electrons. The Labute approximate surface area is 102 Å². The predicted molar refractivity (Wildman–Crippen MR) is 64.5 cm³/mol. The number of nitrogen functional groups attached to an aromatic ring is 1. The molecule has 0 aliphatic heterocycles. The highest BCUT2D eigenvalue weighted by Gasteiger charge is 2.12. The van der Waals surface area contributed by atoms with E-state index in [1.54, 1.807) is 24.3 Å². The lowest BCUT2D eigenvalue weighted by Crippen LogP contribution is -2.29. The van der Waals surface area contributed by atoms with Gasteiger partial charge in [0.25, 0.3) is 12.3 Å². The van der Waals surface area contributed by atoms with E-state index in [1.165, 1.54) is 6.07 Å². The van der Waals surface area contributed by atoms with Crippen molar-refractivity contribution in [2.24, 2.45) is 0 Å². The highest BCUT2D eigenvalue weighted by Crippen LogP contribution is 2.19. The lowest BCUT2D eigenvalue weighted by molar-refractivity contribution is 0.0887. The summed E-state index contributed by atoms with van der Waals surface area (Å²) in [7, 11) is 0. The van der Waals surface area contributed by atoms with Crippen molar-refractivity contribution in [2.75, 3.05) is 12.3 Å². The molecule has 1 amide bonds. The van der Waals surface area contributed by atoms with Gasteiger partial charge in [-0.25, -0.2) is 13.8 Å². The van der Waals surface area contributed by atoms with Crippen molar-refractivity contribution in [3.05, 3.63) is 36.0 Å². The van der Waals surface area contributed by atoms with Crippen LogP contribution in [-0.4, -0.2) is 23.9 Å². The van der Waals surface area contributed by atoms with Gasteiger partial charge in [-0.3, -0.25) is 4.79 Å². The Bertz CT molecular complexity index is 587. The third-order valence-corrected chi connectivity index (χ3v) is 2.40. The van der Waals surface area contributed by atoms with Gasteiger partial charge in [-0.2, -0.15) is 0 Å². The topological polar surface area (TPSA) is 68.0 Å². The largest absolute Gasteiger partial charge is 0.398 e. The number of para-hydroxylation sites is 1. The van der Waals surface area contributed by atoms with E-state index in [0.29, 0.717) is 11.2 Å². The molecular weight excluding hydrogens is 240 g/mol. The normalized spacial score (nSPS) is 10.8. The van der Waals surface area contributed by atoms with Crippen molar-refractivity contribution in [3.63, 3.8) is 0 Å². The third-order valence-electron chi connectivity index (χ3n) is 2.40. The van der Waals surface area contributed by atoms with Gasteiger partial charge in [-0.15, -0.1) is 0 Å². The van der Waals surface area contributed by atoms with Crippen LogP contribution < -0.4 is 11.1 Å². The summed E-state index contributed by atoms with van der Waals surface area (Å²) in [6, 6.07) is 8.42. The molecule has 0 saturated heterocycles. The van der Waals surface area contributed by atoms with Crippen molar-refractivity contribution in [1.82, 2.24) is 10.3 Å². The first-order valence-electron chi connectivity index (χ1n) is 5.29. The molecule has 3 N–H and O–H groups in total. The highest BCUT2D eigenvalue weighted by atomic mass is 19.3. The van der Waals surface area contributed by atoms with Gasteiger partial charge in [0.1, 0.15) is 5.69 Å². The molecule has 4 nitrogen and oxygen atoms in total. The first kappa shape index (κ1) is 12.2. The number of aromatic nitrogens is 1. The molecule has 2 rings (SSSR count). The summed E-state index contributed by atoms with van der Waals surface area (Å²) in [6.45, 7) is -0.701. The molecular formula is C12H11F2N3O. The fourth-order valence-corrected chi connectivity index (χ4v) is 1.58. The van der Waals surface area contributed by atoms with Crippen LogP contribution in [0.5, 0.6) is 0 Å². The molecule has 0 saturated carbocycles. The standard InChI is InChI=1S/C12H11F2N3O/c13-11(14)6-16-12(18)10-5-8(15)7-3-1-2-4-9(7)17-10/h1-5,11H,6H2,(H2,15,17)(H,16,18). The quantitative estimate of drug-likeness (QED) is 0.874. The summed E-state index contributed by atoms with van der Waals surface area (Å²) < 4.78 is 24.0. The second kappa shape index (κ2) is 4.95. The number of carbonyl (C=O) groups is 1. The molecule has 1 heterocycles. The van der Waals surface area contributed by atoms with Gasteiger partial charge in [0.2, 0.25) is 0 Å². The minimum atomic E-state index is -2.59. The van der Waals surface area contributed by atoms with Crippen LogP contribution in [0.1, 0.15) is 10.5 Å². The summed E-state index contributed by atoms with van der Waals surface area (Å²) in [5.74, 6) is -0.659. The lowest BCUT2D eigenvalue weighted by Gasteiger charge is -2.07. The summed E-state index contributed by atoms with van der Waals surface area (Å²) >= 11 is 0. The summed E-state index contributed by atoms with van der Waals surface area (Å²) in [5.41, 5.74) is 6.76. The monoisotopic (exact) mass is 251 g/mol. The van der Waals surface area contributed by atoms with Gasteiger partial charge in [-0.1, -0.05) is 18.2 Å². The van der Waals surface area contributed by atoms with Crippen LogP contribution in [0.3, 0.4) is 0 Å². The molecule has 0 aliphatic rings. The predicted octanol–water partition coefficient (Wildman–Crippen LogP) is 1.81. The molecule has 94 valence electrons. The van der Waals surface area contributed by atoms with Crippen LogP contribution in [-0.2, 0) is 0 Å². The maximum absolute atomic E-state index is 12.0. The maximum atomic E-state index is 12.0. The Balaban J connectivity index is 2.31. The zero-order valence-electron chi connectivity index (χ0n) is 9.36. The van der Waals surface area contributed by atoms with E-state index in [4.69, 9.17) is 5.73 Å². The SMILES string of the molecule is Nc1cc(C(=O)NCC(F)F)nc2ccccc12. The van der Waals surface area contributed by atoms with E-state index >= 15 is 0 Å². The molecule has 0 bridgehead atoms. The van der Waals surface area contributed by atoms with E-state index in [1.807, 2.05) is 0 Å². The molecule has 0 atom stereocenters. The van der Waals surface area contributed by atoms with Crippen LogP contribution in [0, 0.1) is 0 Å². The van der Waals surface area contributed by atoms with Gasteiger partial charge in [0, 0.05) is 11.1 Å². The summed E-state index contributed by atoms with van der Waals surface area (Å²) in [5, 5.41) is 2.81. The zero-order chi connectivity index (χ0) is 13.1. The maximum Gasteiger partial charge on any atom is 0.270 e. The Morgan fingerprint density at radius 1 is 1.39 bits per heavy atom. The van der Waals surface area contributed by atoms with Gasteiger partial charge in [-0.05, 0) is 12.1 Å². The number of pyridine rings is 1. The number of benzene rings is 1. The van der Waals surface area contributed by atoms with Crippen LogP contribution in [0.2, 0.25) is 0 Å². The van der Waals surface area contributed by atoms with Crippen LogP contribution in [0.15, 0.2) is 30.3 Å². The van der Waals surface area contributed by atoms with Crippen molar-refractivity contribution >= 4 is 22.5 Å². The van der Waals surface area contributed by atoms with E-state index in [0.717, 1.165) is 5.39 Å². The third kappa shape index (κ3) is 2.53. The second-order valence-electron chi connectivity index (χ2n) is 3.71. The number of fused-ring (bicyclic) bond motifs is 1. The van der Waals surface area contributed by atoms with Crippen molar-refractivity contribution in [3.8, 4) is 0 Å². The van der Waals surface area contributed by atoms with E-state index < -0.39 is 18.9 Å². The molecule has 0 fully saturated rings. The number of rotatable bonds is 3. The smallest absolute Gasteiger partial charge is 0.270 e. The first-order valence-corrected chi connectivity index (χ1v) is 5.29. The Hall–Kier alpha value is -2.24. The van der Waals surface area contributed by atoms with Crippen LogP contribution >= 0.6 is 0 Å². The number of halogens is 2. The van der Waals surface area contributed by atoms with Crippen molar-refractivity contribution in [2.45, 2.75) is 6.43 Å². The molecule has 1 aromatic carbocycles. The summed E-state index contributed by atoms with van der Waals surface area (Å²) in [6.07, 6.45) is -2.59. The second-order valence-corrected chi connectivity index (χ2v) is 3.71. The minimum Gasteiger partial charge on any atom is -0.398 e. The number of hydrogen-bond acceptors (Lipinski definition) is 3. The number of hydrogen-bond donors (Lipinski definition) is 2. The lowest BCUT2D eigenvalue weighted by atomic mass is 10.1. The van der Waals surface area contributed by atoms with Gasteiger partial charge in [0.05, 0.1) is 12.1 Å². The van der Waals surface area contributed by atoms with Crippen molar-refractivity contribution < 1.29 is 13.6 Å². The molecule has 18 heavy (non-hydrogen) atoms. The number of anilines is 1. The van der Waals surface area contributed by atoms with E-state index in [9.17, 15) is 13.6 Å². The molecule has 2 aromatic rings. The zero-order valence-corrected chi connectivity index (χ0v) is 9.36. The first-order chi connectivity index (χ1) is 8.58. The fourth-order valence-electron chi connectivity index (χ4n) is 1.58. The van der Waals surface area contributed by atoms with Crippen LogP contribution in [0.4, 0.5) is 14.5 Å². The number of nitrogens with one attached hydrogen (secondary N) is 1. The van der Waals surface area contributed by atoms with E-state index in [2.05, 4.69) is 10.3 Å².